The maximum atomic E-state index is 12.0. The van der Waals surface area contributed by atoms with Gasteiger partial charge in [0.2, 0.25) is 10.0 Å². The Morgan fingerprint density at radius 2 is 2.11 bits per heavy atom. The lowest BCUT2D eigenvalue weighted by Crippen LogP contribution is -2.27. The molecule has 0 aromatic heterocycles. The van der Waals surface area contributed by atoms with Crippen LogP contribution in [0.15, 0.2) is 23.1 Å². The van der Waals surface area contributed by atoms with Gasteiger partial charge in [-0.2, -0.15) is 0 Å². The first-order valence-electron chi connectivity index (χ1n) is 6.01. The van der Waals surface area contributed by atoms with Gasteiger partial charge in [-0.05, 0) is 31.7 Å². The Hall–Kier alpha value is -0.660. The average Bonchev–Trinajstić information content (AvgIpc) is 2.37. The number of hydrogen-bond acceptors (Lipinski definition) is 4. The van der Waals surface area contributed by atoms with Crippen molar-refractivity contribution in [1.29, 1.82) is 0 Å². The van der Waals surface area contributed by atoms with E-state index in [0.717, 1.165) is 5.56 Å². The zero-order chi connectivity index (χ0) is 14.3. The van der Waals surface area contributed by atoms with Crippen LogP contribution in [0, 0.1) is 0 Å². The highest BCUT2D eigenvalue weighted by molar-refractivity contribution is 7.89. The third-order valence-electron chi connectivity index (χ3n) is 2.44. The van der Waals surface area contributed by atoms with E-state index in [1.54, 1.807) is 19.2 Å². The summed E-state index contributed by atoms with van der Waals surface area (Å²) in [5.41, 5.74) is 0.859. The molecule has 0 aliphatic carbocycles. The molecule has 1 rings (SSSR count). The number of sulfonamides is 1. The Morgan fingerprint density at radius 1 is 1.37 bits per heavy atom. The standard InChI is InChI=1S/C12H19ClN2O3S/c1-3-18-7-6-15-19(16,17)11-5-4-10(9-14-2)12(13)8-11/h4-5,8,14-15H,3,6-7,9H2,1-2H3. The smallest absolute Gasteiger partial charge is 0.240 e. The van der Waals surface area contributed by atoms with Gasteiger partial charge in [0.15, 0.2) is 0 Å². The van der Waals surface area contributed by atoms with Gasteiger partial charge in [-0.25, -0.2) is 13.1 Å². The van der Waals surface area contributed by atoms with Crippen molar-refractivity contribution in [3.8, 4) is 0 Å². The van der Waals surface area contributed by atoms with Gasteiger partial charge in [0.1, 0.15) is 0 Å². The summed E-state index contributed by atoms with van der Waals surface area (Å²) in [6.45, 7) is 3.60. The van der Waals surface area contributed by atoms with Gasteiger partial charge in [-0.3, -0.25) is 0 Å². The Labute approximate surface area is 119 Å². The van der Waals surface area contributed by atoms with Crippen LogP contribution < -0.4 is 10.0 Å². The Balaban J connectivity index is 2.75. The fraction of sp³-hybridized carbons (Fsp3) is 0.500. The third kappa shape index (κ3) is 5.08. The molecule has 19 heavy (non-hydrogen) atoms. The molecule has 1 aromatic rings. The number of rotatable bonds is 8. The Morgan fingerprint density at radius 3 is 2.68 bits per heavy atom. The summed E-state index contributed by atoms with van der Waals surface area (Å²) in [4.78, 5) is 0.161. The van der Waals surface area contributed by atoms with Crippen molar-refractivity contribution in [3.63, 3.8) is 0 Å². The monoisotopic (exact) mass is 306 g/mol. The second-order valence-electron chi connectivity index (χ2n) is 3.88. The topological polar surface area (TPSA) is 67.4 Å². The van der Waals surface area contributed by atoms with E-state index in [2.05, 4.69) is 10.0 Å². The number of benzene rings is 1. The fourth-order valence-electron chi connectivity index (χ4n) is 1.50. The molecule has 2 N–H and O–H groups in total. The predicted octanol–water partition coefficient (Wildman–Crippen LogP) is 1.37. The Kier molecular flexibility index (Phi) is 6.74. The van der Waals surface area contributed by atoms with Gasteiger partial charge in [0.25, 0.3) is 0 Å². The molecule has 0 aliphatic heterocycles. The van der Waals surface area contributed by atoms with Crippen LogP contribution in [0.3, 0.4) is 0 Å². The number of hydrogen-bond donors (Lipinski definition) is 2. The zero-order valence-electron chi connectivity index (χ0n) is 11.1. The van der Waals surface area contributed by atoms with E-state index in [-0.39, 0.29) is 11.4 Å². The Bertz CT molecular complexity index is 506. The van der Waals surface area contributed by atoms with Crippen molar-refractivity contribution in [3.05, 3.63) is 28.8 Å². The molecule has 0 atom stereocenters. The highest BCUT2D eigenvalue weighted by atomic mass is 35.5. The van der Waals surface area contributed by atoms with E-state index in [9.17, 15) is 8.42 Å². The first-order chi connectivity index (χ1) is 9.01. The number of halogens is 1. The minimum Gasteiger partial charge on any atom is -0.380 e. The second kappa shape index (κ2) is 7.81. The summed E-state index contributed by atoms with van der Waals surface area (Å²) in [6, 6.07) is 4.70. The molecule has 7 heteroatoms. The van der Waals surface area contributed by atoms with Crippen LogP contribution in [0.2, 0.25) is 5.02 Å². The quantitative estimate of drug-likeness (QED) is 0.712. The van der Waals surface area contributed by atoms with Crippen molar-refractivity contribution in [1.82, 2.24) is 10.0 Å². The predicted molar refractivity (Wildman–Crippen MR) is 75.9 cm³/mol. The van der Waals surface area contributed by atoms with Gasteiger partial charge < -0.3 is 10.1 Å². The summed E-state index contributed by atoms with van der Waals surface area (Å²) in [5.74, 6) is 0. The largest absolute Gasteiger partial charge is 0.380 e. The summed E-state index contributed by atoms with van der Waals surface area (Å²) < 4.78 is 31.5. The maximum absolute atomic E-state index is 12.0. The highest BCUT2D eigenvalue weighted by Crippen LogP contribution is 2.20. The van der Waals surface area contributed by atoms with E-state index in [1.165, 1.54) is 6.07 Å². The van der Waals surface area contributed by atoms with Crippen LogP contribution in [0.5, 0.6) is 0 Å². The van der Waals surface area contributed by atoms with Crippen molar-refractivity contribution >= 4 is 21.6 Å². The first kappa shape index (κ1) is 16.4. The minimum atomic E-state index is -3.53. The molecule has 108 valence electrons. The molecule has 0 fully saturated rings. The molecule has 0 bridgehead atoms. The second-order valence-corrected chi connectivity index (χ2v) is 6.05. The highest BCUT2D eigenvalue weighted by Gasteiger charge is 2.14. The molecule has 1 aromatic carbocycles. The summed E-state index contributed by atoms with van der Waals surface area (Å²) >= 11 is 6.04. The van der Waals surface area contributed by atoms with Crippen molar-refractivity contribution in [2.75, 3.05) is 26.8 Å². The lowest BCUT2D eigenvalue weighted by atomic mass is 10.2. The molecule has 0 spiro atoms. The molecule has 0 saturated carbocycles. The van der Waals surface area contributed by atoms with E-state index >= 15 is 0 Å². The fourth-order valence-corrected chi connectivity index (χ4v) is 2.86. The number of ether oxygens (including phenoxy) is 1. The molecule has 0 saturated heterocycles. The normalized spacial score (nSPS) is 11.7. The molecular formula is C12H19ClN2O3S. The van der Waals surface area contributed by atoms with Crippen LogP contribution in [0.4, 0.5) is 0 Å². The molecule has 0 aliphatic rings. The molecule has 0 heterocycles. The lowest BCUT2D eigenvalue weighted by molar-refractivity contribution is 0.153. The lowest BCUT2D eigenvalue weighted by Gasteiger charge is -2.09. The summed E-state index contributed by atoms with van der Waals surface area (Å²) in [7, 11) is -1.73. The van der Waals surface area contributed by atoms with Crippen molar-refractivity contribution in [2.24, 2.45) is 0 Å². The van der Waals surface area contributed by atoms with Gasteiger partial charge >= 0.3 is 0 Å². The molecule has 5 nitrogen and oxygen atoms in total. The van der Waals surface area contributed by atoms with Gasteiger partial charge in [-0.1, -0.05) is 17.7 Å². The first-order valence-corrected chi connectivity index (χ1v) is 7.87. The van der Waals surface area contributed by atoms with E-state index in [4.69, 9.17) is 16.3 Å². The minimum absolute atomic E-state index is 0.161. The van der Waals surface area contributed by atoms with Crippen LogP contribution in [-0.4, -0.2) is 35.2 Å². The molecule has 0 amide bonds. The average molecular weight is 307 g/mol. The van der Waals surface area contributed by atoms with Crippen molar-refractivity contribution < 1.29 is 13.2 Å². The van der Waals surface area contributed by atoms with Crippen LogP contribution in [0.25, 0.3) is 0 Å². The van der Waals surface area contributed by atoms with E-state index in [1.807, 2.05) is 6.92 Å². The van der Waals surface area contributed by atoms with Crippen LogP contribution in [-0.2, 0) is 21.3 Å². The van der Waals surface area contributed by atoms with Crippen LogP contribution >= 0.6 is 11.6 Å². The van der Waals surface area contributed by atoms with E-state index in [0.29, 0.717) is 24.8 Å². The van der Waals surface area contributed by atoms with Gasteiger partial charge in [0.05, 0.1) is 11.5 Å². The SMILES string of the molecule is CCOCCNS(=O)(=O)c1ccc(CNC)c(Cl)c1. The zero-order valence-corrected chi connectivity index (χ0v) is 12.6. The van der Waals surface area contributed by atoms with Gasteiger partial charge in [0, 0.05) is 24.7 Å². The van der Waals surface area contributed by atoms with Crippen molar-refractivity contribution in [2.45, 2.75) is 18.4 Å². The molecule has 0 unspecified atom stereocenters. The molecular weight excluding hydrogens is 288 g/mol. The summed E-state index contributed by atoms with van der Waals surface area (Å²) in [6.07, 6.45) is 0. The van der Waals surface area contributed by atoms with Crippen LogP contribution in [0.1, 0.15) is 12.5 Å². The van der Waals surface area contributed by atoms with Gasteiger partial charge in [-0.15, -0.1) is 0 Å². The van der Waals surface area contributed by atoms with E-state index < -0.39 is 10.0 Å². The molecule has 0 radical (unpaired) electrons. The number of nitrogens with one attached hydrogen (secondary N) is 2. The third-order valence-corrected chi connectivity index (χ3v) is 4.26. The summed E-state index contributed by atoms with van der Waals surface area (Å²) in [5, 5.41) is 3.40. The maximum Gasteiger partial charge on any atom is 0.240 e.